The Kier molecular flexibility index (Phi) is 2.07. The zero-order valence-corrected chi connectivity index (χ0v) is 7.93. The number of carboxylic acid groups (broad SMARTS) is 1. The molecule has 0 aliphatic carbocycles. The first kappa shape index (κ1) is 8.33. The Morgan fingerprint density at radius 2 is 2.23 bits per heavy atom. The summed E-state index contributed by atoms with van der Waals surface area (Å²) < 4.78 is 0. The van der Waals surface area contributed by atoms with E-state index in [0.717, 1.165) is 17.0 Å². The molecular weight excluding hydrogens is 208 g/mol. The van der Waals surface area contributed by atoms with E-state index < -0.39 is 5.97 Å². The molecule has 2 rings (SSSR count). The van der Waals surface area contributed by atoms with Crippen molar-refractivity contribution < 1.29 is 9.90 Å². The van der Waals surface area contributed by atoms with E-state index in [4.69, 9.17) is 5.11 Å². The van der Waals surface area contributed by atoms with Crippen molar-refractivity contribution in [3.05, 3.63) is 21.3 Å². The van der Waals surface area contributed by atoms with Crippen LogP contribution in [0.3, 0.4) is 0 Å². The molecule has 4 nitrogen and oxygen atoms in total. The van der Waals surface area contributed by atoms with E-state index in [-0.39, 0.29) is 5.01 Å². The second-order valence-electron chi connectivity index (χ2n) is 2.22. The van der Waals surface area contributed by atoms with Crippen LogP contribution in [0.4, 0.5) is 0 Å². The number of aromatic carboxylic acids is 1. The average Bonchev–Trinajstić information content (AvgIpc) is 2.75. The molecular formula is C7H4N2O2S2. The summed E-state index contributed by atoms with van der Waals surface area (Å²) in [4.78, 5) is 18.5. The molecule has 0 aliphatic rings. The second-order valence-corrected chi connectivity index (χ2v) is 3.79. The monoisotopic (exact) mass is 212 g/mol. The van der Waals surface area contributed by atoms with Crippen LogP contribution in [-0.2, 0) is 0 Å². The van der Waals surface area contributed by atoms with Crippen molar-refractivity contribution in [1.82, 2.24) is 9.97 Å². The van der Waals surface area contributed by atoms with Crippen LogP contribution in [-0.4, -0.2) is 21.0 Å². The van der Waals surface area contributed by atoms with Gasteiger partial charge in [0.05, 0.1) is 5.51 Å². The van der Waals surface area contributed by atoms with Crippen molar-refractivity contribution in [2.75, 3.05) is 0 Å². The van der Waals surface area contributed by atoms with Crippen molar-refractivity contribution in [3.63, 3.8) is 0 Å². The van der Waals surface area contributed by atoms with E-state index >= 15 is 0 Å². The largest absolute Gasteiger partial charge is 0.476 e. The minimum Gasteiger partial charge on any atom is -0.476 e. The Balaban J connectivity index is 2.39. The third kappa shape index (κ3) is 1.58. The highest BCUT2D eigenvalue weighted by atomic mass is 32.1. The number of hydrogen-bond donors (Lipinski definition) is 1. The highest BCUT2D eigenvalue weighted by Gasteiger charge is 2.10. The summed E-state index contributed by atoms with van der Waals surface area (Å²) in [5.74, 6) is -0.994. The van der Waals surface area contributed by atoms with E-state index in [1.54, 1.807) is 10.9 Å². The summed E-state index contributed by atoms with van der Waals surface area (Å²) in [6.07, 6.45) is 0. The lowest BCUT2D eigenvalue weighted by Crippen LogP contribution is -1.94. The van der Waals surface area contributed by atoms with Gasteiger partial charge in [-0.15, -0.1) is 22.7 Å². The number of rotatable bonds is 2. The number of aromatic nitrogens is 2. The third-order valence-electron chi connectivity index (χ3n) is 1.38. The Labute approximate surface area is 81.5 Å². The van der Waals surface area contributed by atoms with Crippen LogP contribution in [0.2, 0.25) is 0 Å². The maximum absolute atomic E-state index is 10.5. The summed E-state index contributed by atoms with van der Waals surface area (Å²) in [5.41, 5.74) is 3.05. The number of carbonyl (C=O) groups is 1. The number of carboxylic acids is 1. The van der Waals surface area contributed by atoms with Crippen LogP contribution in [0.5, 0.6) is 0 Å². The zero-order valence-electron chi connectivity index (χ0n) is 6.30. The predicted octanol–water partition coefficient (Wildman–Crippen LogP) is 1.96. The molecule has 0 saturated carbocycles. The average molecular weight is 212 g/mol. The van der Waals surface area contributed by atoms with Crippen LogP contribution < -0.4 is 0 Å². The van der Waals surface area contributed by atoms with Crippen LogP contribution in [0.1, 0.15) is 9.80 Å². The number of hydrogen-bond acceptors (Lipinski definition) is 5. The molecule has 0 spiro atoms. The lowest BCUT2D eigenvalue weighted by molar-refractivity contribution is 0.0696. The molecule has 0 aromatic carbocycles. The molecule has 2 aromatic heterocycles. The predicted molar refractivity (Wildman–Crippen MR) is 50.2 cm³/mol. The minimum absolute atomic E-state index is 0.100. The molecule has 2 heterocycles. The molecule has 0 unspecified atom stereocenters. The topological polar surface area (TPSA) is 63.1 Å². The molecule has 0 fully saturated rings. The molecule has 0 aliphatic heterocycles. The van der Waals surface area contributed by atoms with Gasteiger partial charge in [0, 0.05) is 10.8 Å². The summed E-state index contributed by atoms with van der Waals surface area (Å²) in [6, 6.07) is 0. The lowest BCUT2D eigenvalue weighted by atomic mass is 10.4. The molecule has 1 N–H and O–H groups in total. The van der Waals surface area contributed by atoms with E-state index in [1.807, 2.05) is 5.38 Å². The van der Waals surface area contributed by atoms with Gasteiger partial charge in [-0.2, -0.15) is 0 Å². The van der Waals surface area contributed by atoms with Gasteiger partial charge in [-0.3, -0.25) is 0 Å². The van der Waals surface area contributed by atoms with E-state index in [9.17, 15) is 4.79 Å². The maximum Gasteiger partial charge on any atom is 0.365 e. The molecule has 6 heteroatoms. The molecule has 0 saturated heterocycles. The minimum atomic E-state index is -0.994. The first-order valence-corrected chi connectivity index (χ1v) is 5.17. The van der Waals surface area contributed by atoms with Crippen LogP contribution in [0.25, 0.3) is 11.4 Å². The lowest BCUT2D eigenvalue weighted by Gasteiger charge is -1.85. The van der Waals surface area contributed by atoms with E-state index in [1.165, 1.54) is 11.3 Å². The Morgan fingerprint density at radius 1 is 1.38 bits per heavy atom. The fraction of sp³-hybridized carbons (Fsp3) is 0. The molecule has 2 aromatic rings. The molecule has 66 valence electrons. The van der Waals surface area contributed by atoms with Gasteiger partial charge >= 0.3 is 5.97 Å². The van der Waals surface area contributed by atoms with Crippen molar-refractivity contribution in [2.24, 2.45) is 0 Å². The van der Waals surface area contributed by atoms with Gasteiger partial charge in [0.15, 0.2) is 0 Å². The van der Waals surface area contributed by atoms with Gasteiger partial charge in [0.25, 0.3) is 0 Å². The second kappa shape index (κ2) is 3.23. The number of nitrogens with zero attached hydrogens (tertiary/aromatic N) is 2. The third-order valence-corrected chi connectivity index (χ3v) is 2.80. The maximum atomic E-state index is 10.5. The molecule has 0 amide bonds. The standard InChI is InChI=1S/C7H4N2O2S2/c10-7(11)6-9-5(2-13-6)4-1-12-3-8-4/h1-3H,(H,10,11). The van der Waals surface area contributed by atoms with Gasteiger partial charge in [0.2, 0.25) is 5.01 Å². The summed E-state index contributed by atoms with van der Waals surface area (Å²) in [7, 11) is 0. The first-order chi connectivity index (χ1) is 6.27. The van der Waals surface area contributed by atoms with Crippen LogP contribution >= 0.6 is 22.7 Å². The van der Waals surface area contributed by atoms with Crippen molar-refractivity contribution >= 4 is 28.6 Å². The highest BCUT2D eigenvalue weighted by Crippen LogP contribution is 2.21. The van der Waals surface area contributed by atoms with Crippen molar-refractivity contribution in [3.8, 4) is 11.4 Å². The van der Waals surface area contributed by atoms with Crippen molar-refractivity contribution in [2.45, 2.75) is 0 Å². The van der Waals surface area contributed by atoms with Gasteiger partial charge < -0.3 is 5.11 Å². The SMILES string of the molecule is O=C(O)c1nc(-c2cscn2)cs1. The summed E-state index contributed by atoms with van der Waals surface area (Å²) >= 11 is 2.57. The summed E-state index contributed by atoms with van der Waals surface area (Å²) in [5, 5.41) is 12.3. The fourth-order valence-corrected chi connectivity index (χ4v) is 2.02. The quantitative estimate of drug-likeness (QED) is 0.826. The molecule has 13 heavy (non-hydrogen) atoms. The van der Waals surface area contributed by atoms with E-state index in [0.29, 0.717) is 5.69 Å². The molecule has 0 bridgehead atoms. The van der Waals surface area contributed by atoms with Gasteiger partial charge in [-0.1, -0.05) is 0 Å². The van der Waals surface area contributed by atoms with Gasteiger partial charge in [-0.25, -0.2) is 14.8 Å². The molecule has 0 atom stereocenters. The first-order valence-electron chi connectivity index (χ1n) is 3.35. The normalized spacial score (nSPS) is 10.2. The number of thiazole rings is 2. The fourth-order valence-electron chi connectivity index (χ4n) is 0.829. The van der Waals surface area contributed by atoms with Gasteiger partial charge in [-0.05, 0) is 0 Å². The Hall–Kier alpha value is -1.27. The van der Waals surface area contributed by atoms with Gasteiger partial charge in [0.1, 0.15) is 11.4 Å². The highest BCUT2D eigenvalue weighted by molar-refractivity contribution is 7.12. The molecule has 0 radical (unpaired) electrons. The zero-order chi connectivity index (χ0) is 9.26. The van der Waals surface area contributed by atoms with Crippen LogP contribution in [0.15, 0.2) is 16.3 Å². The van der Waals surface area contributed by atoms with E-state index in [2.05, 4.69) is 9.97 Å². The summed E-state index contributed by atoms with van der Waals surface area (Å²) in [6.45, 7) is 0. The Bertz CT molecular complexity index is 421. The Morgan fingerprint density at radius 3 is 2.77 bits per heavy atom. The smallest absolute Gasteiger partial charge is 0.365 e. The van der Waals surface area contributed by atoms with Crippen molar-refractivity contribution in [1.29, 1.82) is 0 Å². The van der Waals surface area contributed by atoms with Crippen LogP contribution in [0, 0.1) is 0 Å².